The van der Waals surface area contributed by atoms with E-state index in [0.29, 0.717) is 18.9 Å². The van der Waals surface area contributed by atoms with Crippen molar-refractivity contribution in [3.63, 3.8) is 0 Å². The second-order valence-corrected chi connectivity index (χ2v) is 5.60. The lowest BCUT2D eigenvalue weighted by Gasteiger charge is -2.34. The summed E-state index contributed by atoms with van der Waals surface area (Å²) in [7, 11) is 0. The Morgan fingerprint density at radius 2 is 1.79 bits per heavy atom. The van der Waals surface area contributed by atoms with Gasteiger partial charge in [-0.2, -0.15) is 0 Å². The van der Waals surface area contributed by atoms with Crippen LogP contribution in [0.2, 0.25) is 0 Å². The first-order valence-corrected chi connectivity index (χ1v) is 7.29. The molecule has 1 rings (SSSR count). The Hall–Kier alpha value is -1.10. The van der Waals surface area contributed by atoms with Gasteiger partial charge < -0.3 is 10.2 Å². The largest absolute Gasteiger partial charge is 0.355 e. The van der Waals surface area contributed by atoms with Crippen molar-refractivity contribution < 1.29 is 9.59 Å². The number of hydrogen-bond acceptors (Lipinski definition) is 3. The van der Waals surface area contributed by atoms with Crippen molar-refractivity contribution in [2.75, 3.05) is 39.3 Å². The molecule has 5 nitrogen and oxygen atoms in total. The summed E-state index contributed by atoms with van der Waals surface area (Å²) in [6.45, 7) is 10.4. The maximum absolute atomic E-state index is 11.9. The zero-order chi connectivity index (χ0) is 14.3. The molecule has 0 aliphatic carbocycles. The highest BCUT2D eigenvalue weighted by Crippen LogP contribution is 2.07. The molecular weight excluding hydrogens is 242 g/mol. The van der Waals surface area contributed by atoms with E-state index in [0.717, 1.165) is 39.1 Å². The van der Waals surface area contributed by atoms with Crippen molar-refractivity contribution in [3.05, 3.63) is 0 Å². The van der Waals surface area contributed by atoms with Gasteiger partial charge in [0.25, 0.3) is 0 Å². The van der Waals surface area contributed by atoms with Gasteiger partial charge in [0.15, 0.2) is 0 Å². The van der Waals surface area contributed by atoms with Crippen LogP contribution in [-0.2, 0) is 9.59 Å². The molecule has 0 bridgehead atoms. The van der Waals surface area contributed by atoms with E-state index >= 15 is 0 Å². The van der Waals surface area contributed by atoms with Crippen LogP contribution >= 0.6 is 0 Å². The van der Waals surface area contributed by atoms with Gasteiger partial charge in [0.2, 0.25) is 11.8 Å². The van der Waals surface area contributed by atoms with Crippen LogP contribution in [0, 0.1) is 5.92 Å². The van der Waals surface area contributed by atoms with Crippen LogP contribution in [-0.4, -0.2) is 60.9 Å². The fourth-order valence-electron chi connectivity index (χ4n) is 2.16. The highest BCUT2D eigenvalue weighted by molar-refractivity contribution is 5.78. The zero-order valence-corrected chi connectivity index (χ0v) is 12.4. The number of amides is 2. The lowest BCUT2D eigenvalue weighted by molar-refractivity contribution is -0.134. The predicted molar refractivity (Wildman–Crippen MR) is 75.8 cm³/mol. The normalized spacial score (nSPS) is 16.7. The van der Waals surface area contributed by atoms with Gasteiger partial charge >= 0.3 is 0 Å². The summed E-state index contributed by atoms with van der Waals surface area (Å²) in [5.41, 5.74) is 0. The minimum atomic E-state index is 0.0869. The minimum Gasteiger partial charge on any atom is -0.355 e. The van der Waals surface area contributed by atoms with Gasteiger partial charge in [0.1, 0.15) is 0 Å². The molecule has 1 aliphatic heterocycles. The third-order valence-electron chi connectivity index (χ3n) is 3.25. The van der Waals surface area contributed by atoms with E-state index in [9.17, 15) is 9.59 Å². The topological polar surface area (TPSA) is 52.7 Å². The van der Waals surface area contributed by atoms with E-state index in [1.165, 1.54) is 0 Å². The molecule has 19 heavy (non-hydrogen) atoms. The SMILES string of the molecule is CCCNC(=O)CN1CCN(C(=O)CC(C)C)CC1. The number of hydrogen-bond donors (Lipinski definition) is 1. The Balaban J connectivity index is 2.25. The van der Waals surface area contributed by atoms with Crippen molar-refractivity contribution in [1.29, 1.82) is 0 Å². The van der Waals surface area contributed by atoms with Gasteiger partial charge in [-0.25, -0.2) is 0 Å². The summed E-state index contributed by atoms with van der Waals surface area (Å²) in [4.78, 5) is 27.5. The third-order valence-corrected chi connectivity index (χ3v) is 3.25. The van der Waals surface area contributed by atoms with Crippen LogP contribution in [0.1, 0.15) is 33.6 Å². The quantitative estimate of drug-likeness (QED) is 0.772. The first-order valence-electron chi connectivity index (χ1n) is 7.29. The molecule has 1 fully saturated rings. The van der Waals surface area contributed by atoms with Crippen LogP contribution in [0.5, 0.6) is 0 Å². The Kier molecular flexibility index (Phi) is 6.84. The van der Waals surface area contributed by atoms with Crippen molar-refractivity contribution >= 4 is 11.8 Å². The highest BCUT2D eigenvalue weighted by atomic mass is 16.2. The molecule has 2 amide bonds. The summed E-state index contributed by atoms with van der Waals surface area (Å²) in [5.74, 6) is 0.735. The molecule has 5 heteroatoms. The van der Waals surface area contributed by atoms with Crippen LogP contribution in [0.4, 0.5) is 0 Å². The van der Waals surface area contributed by atoms with Gasteiger partial charge in [-0.1, -0.05) is 20.8 Å². The molecule has 0 aromatic carbocycles. The number of rotatable bonds is 6. The average molecular weight is 269 g/mol. The molecule has 0 saturated carbocycles. The van der Waals surface area contributed by atoms with Gasteiger partial charge in [-0.15, -0.1) is 0 Å². The van der Waals surface area contributed by atoms with E-state index in [4.69, 9.17) is 0 Å². The van der Waals surface area contributed by atoms with E-state index in [1.807, 2.05) is 11.8 Å². The fraction of sp³-hybridized carbons (Fsp3) is 0.857. The van der Waals surface area contributed by atoms with Crippen molar-refractivity contribution in [1.82, 2.24) is 15.1 Å². The van der Waals surface area contributed by atoms with Crippen molar-refractivity contribution in [3.8, 4) is 0 Å². The van der Waals surface area contributed by atoms with Gasteiger partial charge in [-0.05, 0) is 12.3 Å². The Bertz CT molecular complexity index is 297. The number of carbonyl (C=O) groups is 2. The summed E-state index contributed by atoms with van der Waals surface area (Å²) < 4.78 is 0. The Labute approximate surface area is 116 Å². The lowest BCUT2D eigenvalue weighted by atomic mass is 10.1. The molecule has 1 N–H and O–H groups in total. The molecular formula is C14H27N3O2. The van der Waals surface area contributed by atoms with Gasteiger partial charge in [0, 0.05) is 39.1 Å². The van der Waals surface area contributed by atoms with E-state index in [1.54, 1.807) is 0 Å². The van der Waals surface area contributed by atoms with Crippen LogP contribution in [0.3, 0.4) is 0 Å². The van der Waals surface area contributed by atoms with E-state index in [2.05, 4.69) is 24.1 Å². The molecule has 110 valence electrons. The van der Waals surface area contributed by atoms with Gasteiger partial charge in [-0.3, -0.25) is 14.5 Å². The Morgan fingerprint density at radius 1 is 1.16 bits per heavy atom. The minimum absolute atomic E-state index is 0.0869. The number of nitrogens with zero attached hydrogens (tertiary/aromatic N) is 2. The Morgan fingerprint density at radius 3 is 2.32 bits per heavy atom. The molecule has 0 radical (unpaired) electrons. The second-order valence-electron chi connectivity index (χ2n) is 5.60. The molecule has 1 heterocycles. The smallest absolute Gasteiger partial charge is 0.234 e. The molecule has 1 aliphatic rings. The molecule has 0 spiro atoms. The second kappa shape index (κ2) is 8.15. The van der Waals surface area contributed by atoms with Crippen molar-refractivity contribution in [2.45, 2.75) is 33.6 Å². The third kappa shape index (κ3) is 6.05. The summed E-state index contributed by atoms with van der Waals surface area (Å²) >= 11 is 0. The van der Waals surface area contributed by atoms with Crippen LogP contribution in [0.25, 0.3) is 0 Å². The first-order chi connectivity index (χ1) is 9.02. The van der Waals surface area contributed by atoms with Crippen LogP contribution in [0.15, 0.2) is 0 Å². The fourth-order valence-corrected chi connectivity index (χ4v) is 2.16. The number of carbonyl (C=O) groups excluding carboxylic acids is 2. The zero-order valence-electron chi connectivity index (χ0n) is 12.4. The first kappa shape index (κ1) is 16.0. The lowest BCUT2D eigenvalue weighted by Crippen LogP contribution is -2.51. The average Bonchev–Trinajstić information content (AvgIpc) is 2.36. The summed E-state index contributed by atoms with van der Waals surface area (Å²) in [5, 5.41) is 2.88. The molecule has 0 aromatic heterocycles. The molecule has 1 saturated heterocycles. The van der Waals surface area contributed by atoms with E-state index in [-0.39, 0.29) is 11.8 Å². The summed E-state index contributed by atoms with van der Waals surface area (Å²) in [6, 6.07) is 0. The maximum Gasteiger partial charge on any atom is 0.234 e. The standard InChI is InChI=1S/C14H27N3O2/c1-4-5-15-13(18)11-16-6-8-17(9-7-16)14(19)10-12(2)3/h12H,4-11H2,1-3H3,(H,15,18). The molecule has 0 aromatic rings. The molecule has 0 unspecified atom stereocenters. The van der Waals surface area contributed by atoms with Crippen molar-refractivity contribution in [2.24, 2.45) is 5.92 Å². The monoisotopic (exact) mass is 269 g/mol. The maximum atomic E-state index is 11.9. The summed E-state index contributed by atoms with van der Waals surface area (Å²) in [6.07, 6.45) is 1.58. The number of nitrogens with one attached hydrogen (secondary N) is 1. The molecule has 0 atom stereocenters. The van der Waals surface area contributed by atoms with E-state index < -0.39 is 0 Å². The number of piperazine rings is 1. The van der Waals surface area contributed by atoms with Gasteiger partial charge in [0.05, 0.1) is 6.54 Å². The predicted octanol–water partition coefficient (Wildman–Crippen LogP) is 0.703. The highest BCUT2D eigenvalue weighted by Gasteiger charge is 2.22. The van der Waals surface area contributed by atoms with Crippen LogP contribution < -0.4 is 5.32 Å².